The maximum Gasteiger partial charge on any atom is 0.321 e. The van der Waals surface area contributed by atoms with E-state index in [1.54, 1.807) is 35.3 Å². The summed E-state index contributed by atoms with van der Waals surface area (Å²) in [5, 5.41) is 13.3. The van der Waals surface area contributed by atoms with E-state index in [1.165, 1.54) is 0 Å². The second-order valence-corrected chi connectivity index (χ2v) is 7.22. The molecule has 2 N–H and O–H groups in total. The van der Waals surface area contributed by atoms with Crippen LogP contribution >= 0.6 is 0 Å². The van der Waals surface area contributed by atoms with Crippen LogP contribution in [0.1, 0.15) is 36.9 Å². The zero-order chi connectivity index (χ0) is 20.9. The Kier molecular flexibility index (Phi) is 6.03. The molecule has 3 aromatic heterocycles. The van der Waals surface area contributed by atoms with Crippen molar-refractivity contribution in [1.82, 2.24) is 30.1 Å². The maximum absolute atomic E-state index is 14.6. The number of anilines is 1. The van der Waals surface area contributed by atoms with E-state index >= 15 is 0 Å². The Bertz CT molecular complexity index is 981. The Labute approximate surface area is 173 Å². The SMILES string of the molecule is CCNC(=O)Nc1cc(CN2CCC(c3ccc(-n4cccn4)nc3F)CC2)no1. The van der Waals surface area contributed by atoms with Crippen LogP contribution in [-0.4, -0.2) is 50.5 Å². The van der Waals surface area contributed by atoms with Crippen molar-refractivity contribution in [3.05, 3.63) is 53.9 Å². The van der Waals surface area contributed by atoms with Gasteiger partial charge in [0.05, 0.1) is 5.69 Å². The molecule has 0 unspecified atom stereocenters. The van der Waals surface area contributed by atoms with Gasteiger partial charge in [0.2, 0.25) is 11.8 Å². The molecule has 10 heteroatoms. The minimum atomic E-state index is -0.431. The van der Waals surface area contributed by atoms with Gasteiger partial charge in [0, 0.05) is 37.1 Å². The van der Waals surface area contributed by atoms with Crippen LogP contribution in [0.3, 0.4) is 0 Å². The molecular weight excluding hydrogens is 389 g/mol. The Morgan fingerprint density at radius 1 is 1.33 bits per heavy atom. The smallest absolute Gasteiger partial charge is 0.321 e. The Balaban J connectivity index is 1.31. The van der Waals surface area contributed by atoms with Crippen molar-refractivity contribution >= 4 is 11.9 Å². The van der Waals surface area contributed by atoms with E-state index in [9.17, 15) is 9.18 Å². The molecular formula is C20H24FN7O2. The summed E-state index contributed by atoms with van der Waals surface area (Å²) in [4.78, 5) is 17.9. The molecule has 0 atom stereocenters. The number of nitrogens with one attached hydrogen (secondary N) is 2. The zero-order valence-corrected chi connectivity index (χ0v) is 16.7. The van der Waals surface area contributed by atoms with Crippen molar-refractivity contribution in [2.24, 2.45) is 0 Å². The van der Waals surface area contributed by atoms with Gasteiger partial charge in [-0.1, -0.05) is 11.2 Å². The number of pyridine rings is 1. The Morgan fingerprint density at radius 2 is 2.17 bits per heavy atom. The number of carbonyl (C=O) groups excluding carboxylic acids is 1. The molecule has 0 aromatic carbocycles. The monoisotopic (exact) mass is 413 g/mol. The highest BCUT2D eigenvalue weighted by Gasteiger charge is 2.24. The predicted molar refractivity (Wildman–Crippen MR) is 108 cm³/mol. The van der Waals surface area contributed by atoms with E-state index in [-0.39, 0.29) is 11.9 Å². The number of hydrogen-bond acceptors (Lipinski definition) is 6. The van der Waals surface area contributed by atoms with Gasteiger partial charge in [-0.3, -0.25) is 10.2 Å². The number of amides is 2. The molecule has 2 amide bonds. The van der Waals surface area contributed by atoms with Crippen molar-refractivity contribution in [2.45, 2.75) is 32.2 Å². The average Bonchev–Trinajstić information content (AvgIpc) is 3.41. The minimum absolute atomic E-state index is 0.132. The van der Waals surface area contributed by atoms with Crippen molar-refractivity contribution in [2.75, 3.05) is 25.0 Å². The molecule has 4 rings (SSSR count). The Morgan fingerprint density at radius 3 is 2.87 bits per heavy atom. The van der Waals surface area contributed by atoms with Gasteiger partial charge in [-0.15, -0.1) is 0 Å². The number of urea groups is 1. The Hall–Kier alpha value is -3.27. The minimum Gasteiger partial charge on any atom is -0.338 e. The number of halogens is 1. The summed E-state index contributed by atoms with van der Waals surface area (Å²) in [5.74, 6) is 0.490. The van der Waals surface area contributed by atoms with Crippen LogP contribution in [0, 0.1) is 5.95 Å². The molecule has 30 heavy (non-hydrogen) atoms. The van der Waals surface area contributed by atoms with E-state index in [0.717, 1.165) is 31.6 Å². The van der Waals surface area contributed by atoms with Gasteiger partial charge in [0.15, 0.2) is 5.82 Å². The maximum atomic E-state index is 14.6. The fraction of sp³-hybridized carbons (Fsp3) is 0.400. The van der Waals surface area contributed by atoms with E-state index in [2.05, 4.69) is 30.8 Å². The lowest BCUT2D eigenvalue weighted by atomic mass is 9.90. The fourth-order valence-corrected chi connectivity index (χ4v) is 3.66. The van der Waals surface area contributed by atoms with Crippen molar-refractivity contribution < 1.29 is 13.7 Å². The molecule has 4 heterocycles. The summed E-state index contributed by atoms with van der Waals surface area (Å²) in [6.07, 6.45) is 5.04. The van der Waals surface area contributed by atoms with Crippen molar-refractivity contribution in [1.29, 1.82) is 0 Å². The van der Waals surface area contributed by atoms with Gasteiger partial charge in [-0.2, -0.15) is 14.5 Å². The standard InChI is InChI=1S/C20H24FN7O2/c1-2-22-20(29)25-18-12-15(26-30-18)13-27-10-6-14(7-11-27)16-4-5-17(24-19(16)21)28-9-3-8-23-28/h3-5,8-9,12,14H,2,6-7,10-11,13H2,1H3,(H2,22,25,29). The third kappa shape index (κ3) is 4.65. The topological polar surface area (TPSA) is 101 Å². The highest BCUT2D eigenvalue weighted by atomic mass is 19.1. The van der Waals surface area contributed by atoms with Crippen LogP contribution in [0.4, 0.5) is 15.1 Å². The van der Waals surface area contributed by atoms with Crippen LogP contribution in [-0.2, 0) is 6.54 Å². The first-order valence-electron chi connectivity index (χ1n) is 10.0. The van der Waals surface area contributed by atoms with E-state index in [1.807, 2.05) is 13.0 Å². The third-order valence-electron chi connectivity index (χ3n) is 5.15. The summed E-state index contributed by atoms with van der Waals surface area (Å²) in [6, 6.07) is 6.79. The largest absolute Gasteiger partial charge is 0.338 e. The van der Waals surface area contributed by atoms with Gasteiger partial charge < -0.3 is 9.84 Å². The summed E-state index contributed by atoms with van der Waals surface area (Å²) in [5.41, 5.74) is 1.40. The van der Waals surface area contributed by atoms with E-state index in [4.69, 9.17) is 4.52 Å². The summed E-state index contributed by atoms with van der Waals surface area (Å²) >= 11 is 0. The van der Waals surface area contributed by atoms with Crippen LogP contribution in [0.15, 0.2) is 41.2 Å². The first kappa shape index (κ1) is 20.0. The number of aromatic nitrogens is 4. The number of rotatable bonds is 6. The molecule has 158 valence electrons. The van der Waals surface area contributed by atoms with Crippen LogP contribution < -0.4 is 10.6 Å². The molecule has 0 radical (unpaired) electrons. The zero-order valence-electron chi connectivity index (χ0n) is 16.7. The number of piperidine rings is 1. The lowest BCUT2D eigenvalue weighted by molar-refractivity contribution is 0.198. The highest BCUT2D eigenvalue weighted by molar-refractivity contribution is 5.87. The molecule has 3 aromatic rings. The first-order chi connectivity index (χ1) is 14.6. The molecule has 1 aliphatic heterocycles. The molecule has 0 aliphatic carbocycles. The van der Waals surface area contributed by atoms with Gasteiger partial charge in [-0.25, -0.2) is 9.48 Å². The molecule has 9 nitrogen and oxygen atoms in total. The molecule has 1 fully saturated rings. The second-order valence-electron chi connectivity index (χ2n) is 7.22. The van der Waals surface area contributed by atoms with Crippen molar-refractivity contribution in [3.8, 4) is 5.82 Å². The lowest BCUT2D eigenvalue weighted by Gasteiger charge is -2.31. The van der Waals surface area contributed by atoms with Crippen LogP contribution in [0.2, 0.25) is 0 Å². The highest BCUT2D eigenvalue weighted by Crippen LogP contribution is 2.30. The number of carbonyl (C=O) groups is 1. The summed E-state index contributed by atoms with van der Waals surface area (Å²) in [7, 11) is 0. The van der Waals surface area contributed by atoms with Gasteiger partial charge in [0.1, 0.15) is 0 Å². The second kappa shape index (κ2) is 9.04. The molecule has 0 saturated carbocycles. The lowest BCUT2D eigenvalue weighted by Crippen LogP contribution is -2.33. The molecule has 0 spiro atoms. The normalized spacial score (nSPS) is 15.3. The van der Waals surface area contributed by atoms with E-state index < -0.39 is 5.95 Å². The van der Waals surface area contributed by atoms with Gasteiger partial charge >= 0.3 is 6.03 Å². The molecule has 0 bridgehead atoms. The average molecular weight is 413 g/mol. The third-order valence-corrected chi connectivity index (χ3v) is 5.15. The molecule has 1 saturated heterocycles. The first-order valence-corrected chi connectivity index (χ1v) is 10.0. The number of nitrogens with zero attached hydrogens (tertiary/aromatic N) is 5. The quantitative estimate of drug-likeness (QED) is 0.603. The van der Waals surface area contributed by atoms with Gasteiger partial charge in [0.25, 0.3) is 0 Å². The predicted octanol–water partition coefficient (Wildman–Crippen LogP) is 2.92. The van der Waals surface area contributed by atoms with Crippen molar-refractivity contribution in [3.63, 3.8) is 0 Å². The van der Waals surface area contributed by atoms with Gasteiger partial charge in [-0.05, 0) is 50.9 Å². The number of hydrogen-bond donors (Lipinski definition) is 2. The van der Waals surface area contributed by atoms with Crippen LogP contribution in [0.5, 0.6) is 0 Å². The molecule has 1 aliphatic rings. The summed E-state index contributed by atoms with van der Waals surface area (Å²) in [6.45, 7) is 4.62. The number of likely N-dealkylation sites (tertiary alicyclic amines) is 1. The fourth-order valence-electron chi connectivity index (χ4n) is 3.66. The van der Waals surface area contributed by atoms with Crippen LogP contribution in [0.25, 0.3) is 5.82 Å². The summed E-state index contributed by atoms with van der Waals surface area (Å²) < 4.78 is 21.3. The van der Waals surface area contributed by atoms with E-state index in [0.29, 0.717) is 30.4 Å².